The Bertz CT molecular complexity index is 1400. The standard InChI is InChI=1S/C30H40N2O9S/c1-6-12-40-30-27(39-13-11-32-10-9-31-19-32)16-22(17-28(30)42(34,35)18-20(2)33)24-8-7-23(41-24)21-14-25(36-3)29(38-5)26(15-21)37-4/h9-10,14-17,19-20,23-24,33H,6-8,11-13,18H2,1-5H3/t20?,23-,24-/m1/s1. The van der Waals surface area contributed by atoms with Crippen molar-refractivity contribution in [3.63, 3.8) is 0 Å². The van der Waals surface area contributed by atoms with E-state index in [0.717, 1.165) is 5.56 Å². The lowest BCUT2D eigenvalue weighted by Crippen LogP contribution is -2.20. The van der Waals surface area contributed by atoms with Crippen molar-refractivity contribution in [2.75, 3.05) is 40.3 Å². The zero-order chi connectivity index (χ0) is 30.3. The van der Waals surface area contributed by atoms with Gasteiger partial charge < -0.3 is 38.1 Å². The van der Waals surface area contributed by atoms with Crippen LogP contribution in [0.15, 0.2) is 47.9 Å². The van der Waals surface area contributed by atoms with Crippen LogP contribution in [0.1, 0.15) is 56.4 Å². The molecule has 3 atom stereocenters. The maximum absolute atomic E-state index is 13.5. The summed E-state index contributed by atoms with van der Waals surface area (Å²) in [7, 11) is 0.744. The molecule has 42 heavy (non-hydrogen) atoms. The van der Waals surface area contributed by atoms with Crippen LogP contribution in [0.25, 0.3) is 0 Å². The van der Waals surface area contributed by atoms with Crippen molar-refractivity contribution in [2.45, 2.75) is 62.9 Å². The lowest BCUT2D eigenvalue weighted by Gasteiger charge is -2.21. The summed E-state index contributed by atoms with van der Waals surface area (Å²) in [6.07, 6.45) is 5.42. The monoisotopic (exact) mass is 604 g/mol. The predicted molar refractivity (Wildman–Crippen MR) is 156 cm³/mol. The lowest BCUT2D eigenvalue weighted by atomic mass is 10.0. The summed E-state index contributed by atoms with van der Waals surface area (Å²) in [4.78, 5) is 4.03. The summed E-state index contributed by atoms with van der Waals surface area (Å²) in [6, 6.07) is 7.11. The largest absolute Gasteiger partial charge is 0.493 e. The lowest BCUT2D eigenvalue weighted by molar-refractivity contribution is 0.0434. The summed E-state index contributed by atoms with van der Waals surface area (Å²) in [6.45, 7) is 4.46. The van der Waals surface area contributed by atoms with Gasteiger partial charge >= 0.3 is 0 Å². The Hall–Kier alpha value is -3.48. The Morgan fingerprint density at radius 1 is 0.952 bits per heavy atom. The van der Waals surface area contributed by atoms with Gasteiger partial charge in [-0.15, -0.1) is 0 Å². The van der Waals surface area contributed by atoms with E-state index in [2.05, 4.69) is 4.98 Å². The minimum absolute atomic E-state index is 0.0215. The molecule has 1 fully saturated rings. The van der Waals surface area contributed by atoms with Crippen molar-refractivity contribution in [2.24, 2.45) is 0 Å². The molecule has 2 heterocycles. The van der Waals surface area contributed by atoms with Crippen LogP contribution in [0.3, 0.4) is 0 Å². The van der Waals surface area contributed by atoms with Gasteiger partial charge in [-0.3, -0.25) is 0 Å². The normalized spacial score (nSPS) is 17.6. The van der Waals surface area contributed by atoms with Crippen molar-refractivity contribution in [3.8, 4) is 28.7 Å². The number of aromatic nitrogens is 2. The molecule has 0 bridgehead atoms. The number of benzene rings is 2. The van der Waals surface area contributed by atoms with Crippen LogP contribution in [0.4, 0.5) is 0 Å². The molecule has 3 aromatic rings. The van der Waals surface area contributed by atoms with Gasteiger partial charge in [0.25, 0.3) is 0 Å². The number of rotatable bonds is 15. The van der Waals surface area contributed by atoms with Crippen LogP contribution in [0, 0.1) is 0 Å². The van der Waals surface area contributed by atoms with Gasteiger partial charge in [-0.1, -0.05) is 6.92 Å². The highest BCUT2D eigenvalue weighted by atomic mass is 32.2. The van der Waals surface area contributed by atoms with Crippen molar-refractivity contribution < 1.29 is 41.9 Å². The second-order valence-electron chi connectivity index (χ2n) is 10.1. The molecular weight excluding hydrogens is 564 g/mol. The average molecular weight is 605 g/mol. The molecule has 1 aliphatic rings. The fraction of sp³-hybridized carbons (Fsp3) is 0.500. The van der Waals surface area contributed by atoms with E-state index in [1.165, 1.54) is 6.92 Å². The molecule has 0 amide bonds. The molecule has 2 aromatic carbocycles. The van der Waals surface area contributed by atoms with Crippen LogP contribution >= 0.6 is 0 Å². The fourth-order valence-corrected chi connectivity index (χ4v) is 6.54. The number of nitrogens with zero attached hydrogens (tertiary/aromatic N) is 2. The minimum atomic E-state index is -3.93. The van der Waals surface area contributed by atoms with E-state index in [1.54, 1.807) is 46.0 Å². The summed E-state index contributed by atoms with van der Waals surface area (Å²) in [5.41, 5.74) is 1.50. The first kappa shape index (κ1) is 31.5. The number of hydrogen-bond donors (Lipinski definition) is 1. The third kappa shape index (κ3) is 7.29. The van der Waals surface area contributed by atoms with E-state index in [1.807, 2.05) is 29.8 Å². The third-order valence-corrected chi connectivity index (χ3v) is 8.80. The molecule has 11 nitrogen and oxygen atoms in total. The molecule has 0 saturated carbocycles. The Balaban J connectivity index is 1.70. The van der Waals surface area contributed by atoms with Gasteiger partial charge in [0.1, 0.15) is 11.5 Å². The first-order valence-electron chi connectivity index (χ1n) is 14.0. The first-order chi connectivity index (χ1) is 20.2. The molecule has 1 unspecified atom stereocenters. The molecule has 1 aromatic heterocycles. The molecule has 4 rings (SSSR count). The molecule has 230 valence electrons. The van der Waals surface area contributed by atoms with Gasteiger partial charge in [0.2, 0.25) is 5.75 Å². The maximum atomic E-state index is 13.5. The van der Waals surface area contributed by atoms with Gasteiger partial charge in [-0.05, 0) is 61.6 Å². The molecule has 1 N–H and O–H groups in total. The summed E-state index contributed by atoms with van der Waals surface area (Å²) >= 11 is 0. The number of aliphatic hydroxyl groups excluding tert-OH is 1. The van der Waals surface area contributed by atoms with Gasteiger partial charge in [0.15, 0.2) is 32.8 Å². The van der Waals surface area contributed by atoms with E-state index in [4.69, 9.17) is 28.4 Å². The van der Waals surface area contributed by atoms with Crippen molar-refractivity contribution in [1.29, 1.82) is 0 Å². The van der Waals surface area contributed by atoms with E-state index < -0.39 is 27.8 Å². The van der Waals surface area contributed by atoms with Gasteiger partial charge in [0.05, 0.1) is 64.9 Å². The smallest absolute Gasteiger partial charge is 0.203 e. The molecule has 12 heteroatoms. The summed E-state index contributed by atoms with van der Waals surface area (Å²) < 4.78 is 64.0. The van der Waals surface area contributed by atoms with E-state index in [-0.39, 0.29) is 23.4 Å². The number of methoxy groups -OCH3 is 3. The maximum Gasteiger partial charge on any atom is 0.203 e. The van der Waals surface area contributed by atoms with E-state index >= 15 is 0 Å². The Kier molecular flexibility index (Phi) is 10.6. The molecule has 0 radical (unpaired) electrons. The van der Waals surface area contributed by atoms with Gasteiger partial charge in [0, 0.05) is 12.4 Å². The first-order valence-corrected chi connectivity index (χ1v) is 15.6. The molecule has 1 saturated heterocycles. The Morgan fingerprint density at radius 2 is 1.60 bits per heavy atom. The van der Waals surface area contributed by atoms with Crippen LogP contribution in [0.2, 0.25) is 0 Å². The minimum Gasteiger partial charge on any atom is -0.493 e. The van der Waals surface area contributed by atoms with E-state index in [9.17, 15) is 13.5 Å². The quantitative estimate of drug-likeness (QED) is 0.264. The highest BCUT2D eigenvalue weighted by Gasteiger charge is 2.33. The molecule has 0 aliphatic carbocycles. The van der Waals surface area contributed by atoms with Crippen LogP contribution in [0.5, 0.6) is 28.7 Å². The molecule has 0 spiro atoms. The number of hydrogen-bond acceptors (Lipinski definition) is 10. The number of aliphatic hydroxyl groups is 1. The second kappa shape index (κ2) is 14.1. The summed E-state index contributed by atoms with van der Waals surface area (Å²) in [5, 5.41) is 9.98. The number of sulfone groups is 1. The van der Waals surface area contributed by atoms with Gasteiger partial charge in [-0.2, -0.15) is 0 Å². The van der Waals surface area contributed by atoms with Crippen molar-refractivity contribution >= 4 is 9.84 Å². The zero-order valence-electron chi connectivity index (χ0n) is 24.7. The zero-order valence-corrected chi connectivity index (χ0v) is 25.6. The van der Waals surface area contributed by atoms with Crippen molar-refractivity contribution in [3.05, 3.63) is 54.1 Å². The SMILES string of the molecule is CCCOc1c(OCCn2ccnc2)cc([C@H]2CC[C@H](c3cc(OC)c(OC)c(OC)c3)O2)cc1S(=O)(=O)CC(C)O. The highest BCUT2D eigenvalue weighted by Crippen LogP contribution is 2.48. The molecular formula is C30H40N2O9S. The second-order valence-corrected chi connectivity index (χ2v) is 12.1. The van der Waals surface area contributed by atoms with Crippen LogP contribution in [-0.4, -0.2) is 69.5 Å². The fourth-order valence-electron chi connectivity index (χ4n) is 4.97. The molecule has 1 aliphatic heterocycles. The average Bonchev–Trinajstić information content (AvgIpc) is 3.67. The third-order valence-electron chi connectivity index (χ3n) is 6.91. The number of ether oxygens (including phenoxy) is 6. The van der Waals surface area contributed by atoms with Gasteiger partial charge in [-0.25, -0.2) is 13.4 Å². The number of imidazole rings is 1. The van der Waals surface area contributed by atoms with Crippen LogP contribution in [-0.2, 0) is 21.1 Å². The van der Waals surface area contributed by atoms with Crippen LogP contribution < -0.4 is 23.7 Å². The predicted octanol–water partition coefficient (Wildman–Crippen LogP) is 4.52. The Labute approximate surface area is 247 Å². The summed E-state index contributed by atoms with van der Waals surface area (Å²) in [5.74, 6) is 1.54. The highest BCUT2D eigenvalue weighted by molar-refractivity contribution is 7.91. The topological polar surface area (TPSA) is 128 Å². The van der Waals surface area contributed by atoms with E-state index in [0.29, 0.717) is 61.0 Å². The Morgan fingerprint density at radius 3 is 2.14 bits per heavy atom. The van der Waals surface area contributed by atoms with Crippen molar-refractivity contribution in [1.82, 2.24) is 9.55 Å².